The fourth-order valence-corrected chi connectivity index (χ4v) is 3.63. The number of aromatic nitrogens is 2. The summed E-state index contributed by atoms with van der Waals surface area (Å²) in [6, 6.07) is 12.7. The number of likely N-dealkylation sites (N-methyl/N-ethyl adjacent to an activating group) is 1. The first-order chi connectivity index (χ1) is 13.1. The smallest absolute Gasteiger partial charge is 0.174 e. The standard InChI is InChI=1S/C22H28N4O/c1-4-5-19-16(2)23-22(24-19)21-11-10-20(27-21)17-6-8-18(9-7-17)26-14-12-25(3)13-15-26/h6-11H,4-5,12-15H2,1-3H3,(H,23,24). The number of aromatic amines is 1. The summed E-state index contributed by atoms with van der Waals surface area (Å²) in [5.74, 6) is 2.48. The Labute approximate surface area is 161 Å². The maximum Gasteiger partial charge on any atom is 0.174 e. The van der Waals surface area contributed by atoms with Crippen LogP contribution in [0.5, 0.6) is 0 Å². The van der Waals surface area contributed by atoms with Crippen LogP contribution in [0, 0.1) is 6.92 Å². The van der Waals surface area contributed by atoms with Crippen molar-refractivity contribution in [2.45, 2.75) is 26.7 Å². The number of furan rings is 1. The number of H-pyrrole nitrogens is 1. The van der Waals surface area contributed by atoms with Gasteiger partial charge in [0, 0.05) is 43.1 Å². The molecule has 1 N–H and O–H groups in total. The van der Waals surface area contributed by atoms with E-state index in [1.165, 1.54) is 11.4 Å². The van der Waals surface area contributed by atoms with E-state index in [9.17, 15) is 0 Å². The zero-order valence-corrected chi connectivity index (χ0v) is 16.5. The SMILES string of the molecule is CCCc1[nH]c(-c2ccc(-c3ccc(N4CCN(C)CC4)cc3)o2)nc1C. The second-order valence-electron chi connectivity index (χ2n) is 7.40. The van der Waals surface area contributed by atoms with E-state index in [1.54, 1.807) is 0 Å². The zero-order valence-electron chi connectivity index (χ0n) is 16.5. The van der Waals surface area contributed by atoms with Crippen LogP contribution in [-0.2, 0) is 6.42 Å². The fourth-order valence-electron chi connectivity index (χ4n) is 3.63. The van der Waals surface area contributed by atoms with Crippen molar-refractivity contribution < 1.29 is 4.42 Å². The Balaban J connectivity index is 1.50. The van der Waals surface area contributed by atoms with Crippen molar-refractivity contribution in [3.8, 4) is 22.9 Å². The molecule has 2 aromatic heterocycles. The average Bonchev–Trinajstić information content (AvgIpc) is 3.30. The van der Waals surface area contributed by atoms with Gasteiger partial charge in [-0.15, -0.1) is 0 Å². The first-order valence-electron chi connectivity index (χ1n) is 9.83. The molecule has 3 aromatic rings. The van der Waals surface area contributed by atoms with Crippen LogP contribution < -0.4 is 4.90 Å². The molecule has 0 aliphatic carbocycles. The first kappa shape index (κ1) is 17.9. The Bertz CT molecular complexity index is 885. The molecule has 0 saturated carbocycles. The Hall–Kier alpha value is -2.53. The molecule has 142 valence electrons. The molecule has 3 heterocycles. The van der Waals surface area contributed by atoms with Crippen LogP contribution in [0.1, 0.15) is 24.7 Å². The lowest BCUT2D eigenvalue weighted by atomic mass is 10.1. The lowest BCUT2D eigenvalue weighted by Gasteiger charge is -2.34. The van der Waals surface area contributed by atoms with E-state index in [1.807, 2.05) is 19.1 Å². The molecule has 1 aliphatic rings. The molecule has 0 unspecified atom stereocenters. The van der Waals surface area contributed by atoms with E-state index in [0.29, 0.717) is 0 Å². The predicted octanol–water partition coefficient (Wildman–Crippen LogP) is 4.35. The molecule has 1 aliphatic heterocycles. The summed E-state index contributed by atoms with van der Waals surface area (Å²) in [7, 11) is 2.18. The van der Waals surface area contributed by atoms with Gasteiger partial charge in [0.2, 0.25) is 0 Å². The van der Waals surface area contributed by atoms with Gasteiger partial charge in [-0.05, 0) is 56.8 Å². The number of imidazole rings is 1. The monoisotopic (exact) mass is 364 g/mol. The van der Waals surface area contributed by atoms with Crippen LogP contribution in [0.3, 0.4) is 0 Å². The Morgan fingerprint density at radius 2 is 1.70 bits per heavy atom. The molecule has 0 atom stereocenters. The van der Waals surface area contributed by atoms with Gasteiger partial charge in [0.1, 0.15) is 5.76 Å². The molecule has 0 spiro atoms. The molecule has 5 heteroatoms. The highest BCUT2D eigenvalue weighted by molar-refractivity contribution is 5.65. The normalized spacial score (nSPS) is 15.4. The minimum absolute atomic E-state index is 0.790. The van der Waals surface area contributed by atoms with Crippen molar-refractivity contribution in [3.63, 3.8) is 0 Å². The lowest BCUT2D eigenvalue weighted by molar-refractivity contribution is 0.313. The highest BCUT2D eigenvalue weighted by Gasteiger charge is 2.15. The largest absolute Gasteiger partial charge is 0.453 e. The Morgan fingerprint density at radius 1 is 1.00 bits per heavy atom. The number of hydrogen-bond acceptors (Lipinski definition) is 4. The minimum atomic E-state index is 0.790. The minimum Gasteiger partial charge on any atom is -0.453 e. The van der Waals surface area contributed by atoms with Crippen LogP contribution in [0.2, 0.25) is 0 Å². The van der Waals surface area contributed by atoms with Crippen LogP contribution in [0.25, 0.3) is 22.9 Å². The van der Waals surface area contributed by atoms with Crippen molar-refractivity contribution in [3.05, 3.63) is 47.8 Å². The Morgan fingerprint density at radius 3 is 2.41 bits per heavy atom. The van der Waals surface area contributed by atoms with E-state index in [0.717, 1.165) is 67.6 Å². The van der Waals surface area contributed by atoms with Crippen LogP contribution >= 0.6 is 0 Å². The number of nitrogens with zero attached hydrogens (tertiary/aromatic N) is 3. The van der Waals surface area contributed by atoms with Gasteiger partial charge in [0.25, 0.3) is 0 Å². The lowest BCUT2D eigenvalue weighted by Crippen LogP contribution is -2.44. The molecule has 0 radical (unpaired) electrons. The topological polar surface area (TPSA) is 48.3 Å². The van der Waals surface area contributed by atoms with E-state index in [-0.39, 0.29) is 0 Å². The summed E-state index contributed by atoms with van der Waals surface area (Å²) < 4.78 is 6.09. The number of anilines is 1. The molecule has 0 bridgehead atoms. The number of nitrogens with one attached hydrogen (secondary N) is 1. The van der Waals surface area contributed by atoms with Crippen molar-refractivity contribution in [2.75, 3.05) is 38.1 Å². The number of piperazine rings is 1. The van der Waals surface area contributed by atoms with Crippen molar-refractivity contribution in [1.29, 1.82) is 0 Å². The maximum atomic E-state index is 6.09. The summed E-state index contributed by atoms with van der Waals surface area (Å²) in [6.45, 7) is 8.62. The summed E-state index contributed by atoms with van der Waals surface area (Å²) in [5.41, 5.74) is 4.63. The van der Waals surface area contributed by atoms with Gasteiger partial charge in [-0.2, -0.15) is 0 Å². The third-order valence-electron chi connectivity index (χ3n) is 5.35. The van der Waals surface area contributed by atoms with Crippen LogP contribution in [0.15, 0.2) is 40.8 Å². The summed E-state index contributed by atoms with van der Waals surface area (Å²) in [4.78, 5) is 12.8. The fraction of sp³-hybridized carbons (Fsp3) is 0.409. The maximum absolute atomic E-state index is 6.09. The molecule has 4 rings (SSSR count). The number of aryl methyl sites for hydroxylation is 2. The van der Waals surface area contributed by atoms with Crippen molar-refractivity contribution in [1.82, 2.24) is 14.9 Å². The van der Waals surface area contributed by atoms with E-state index in [2.05, 4.69) is 58.0 Å². The molecular formula is C22H28N4O. The van der Waals surface area contributed by atoms with E-state index in [4.69, 9.17) is 4.42 Å². The molecule has 1 fully saturated rings. The molecule has 0 amide bonds. The van der Waals surface area contributed by atoms with Gasteiger partial charge < -0.3 is 19.2 Å². The molecule has 5 nitrogen and oxygen atoms in total. The van der Waals surface area contributed by atoms with Crippen molar-refractivity contribution >= 4 is 5.69 Å². The number of benzene rings is 1. The summed E-state index contributed by atoms with van der Waals surface area (Å²) in [6.07, 6.45) is 2.12. The van der Waals surface area contributed by atoms with Crippen LogP contribution in [-0.4, -0.2) is 48.1 Å². The zero-order chi connectivity index (χ0) is 18.8. The van der Waals surface area contributed by atoms with Gasteiger partial charge in [0.05, 0.1) is 5.69 Å². The summed E-state index contributed by atoms with van der Waals surface area (Å²) >= 11 is 0. The van der Waals surface area contributed by atoms with Gasteiger partial charge in [-0.25, -0.2) is 4.98 Å². The second-order valence-corrected chi connectivity index (χ2v) is 7.40. The highest BCUT2D eigenvalue weighted by Crippen LogP contribution is 2.29. The molecule has 1 saturated heterocycles. The molecule has 27 heavy (non-hydrogen) atoms. The third kappa shape index (κ3) is 3.78. The first-order valence-corrected chi connectivity index (χ1v) is 9.83. The average molecular weight is 364 g/mol. The quantitative estimate of drug-likeness (QED) is 0.731. The number of hydrogen-bond donors (Lipinski definition) is 1. The van der Waals surface area contributed by atoms with Crippen LogP contribution in [0.4, 0.5) is 5.69 Å². The Kier molecular flexibility index (Phi) is 5.03. The molecular weight excluding hydrogens is 336 g/mol. The highest BCUT2D eigenvalue weighted by atomic mass is 16.3. The van der Waals surface area contributed by atoms with Gasteiger partial charge in [-0.1, -0.05) is 13.3 Å². The van der Waals surface area contributed by atoms with Crippen molar-refractivity contribution in [2.24, 2.45) is 0 Å². The van der Waals surface area contributed by atoms with Gasteiger partial charge >= 0.3 is 0 Å². The third-order valence-corrected chi connectivity index (χ3v) is 5.35. The van der Waals surface area contributed by atoms with E-state index < -0.39 is 0 Å². The second kappa shape index (κ2) is 7.61. The summed E-state index contributed by atoms with van der Waals surface area (Å²) in [5, 5.41) is 0. The molecule has 1 aromatic carbocycles. The predicted molar refractivity (Wildman–Crippen MR) is 110 cm³/mol. The van der Waals surface area contributed by atoms with Gasteiger partial charge in [0.15, 0.2) is 11.6 Å². The van der Waals surface area contributed by atoms with Gasteiger partial charge in [-0.3, -0.25) is 0 Å². The van der Waals surface area contributed by atoms with E-state index >= 15 is 0 Å². The number of rotatable bonds is 5.